The molecule has 1 aliphatic rings. The molecule has 0 heterocycles. The number of aliphatic hydroxyl groups is 5. The highest BCUT2D eigenvalue weighted by molar-refractivity contribution is 7.47. The molecule has 8 atom stereocenters. The molecule has 0 bridgehead atoms. The molecule has 1 saturated carbocycles. The molecule has 0 aromatic rings. The molecule has 14 nitrogen and oxygen atoms in total. The number of phosphoric acid groups is 1. The molecule has 372 valence electrons. The number of unbranched alkanes of at least 4 members (excludes halogenated alkanes) is 6. The fraction of sp³-hybridized carbons (Fsp3) is 0.588. The van der Waals surface area contributed by atoms with Crippen LogP contribution in [0.25, 0.3) is 0 Å². The average molecular weight is 947 g/mol. The zero-order chi connectivity index (χ0) is 48.7. The van der Waals surface area contributed by atoms with Gasteiger partial charge in [-0.25, -0.2) is 4.57 Å². The fourth-order valence-electron chi connectivity index (χ4n) is 6.22. The SMILES string of the molecule is CCCCC/C=C\C/C=C\C/C=C\C=C\C(=O)CCCC(=O)OC[C@H](COP(=O)(O)OC1[C@H](O)[C@H](O)C(O)[C@H](O)[C@H]1O)OC(=O)CC/C=C\C/C=C\C/C=C\C/C=C\C/C=C\CCCCC. The van der Waals surface area contributed by atoms with Crippen molar-refractivity contribution in [2.24, 2.45) is 0 Å². The Morgan fingerprint density at radius 3 is 1.47 bits per heavy atom. The van der Waals surface area contributed by atoms with Gasteiger partial charge in [0.2, 0.25) is 0 Å². The van der Waals surface area contributed by atoms with Gasteiger partial charge >= 0.3 is 19.8 Å². The van der Waals surface area contributed by atoms with E-state index in [0.717, 1.165) is 44.9 Å². The Morgan fingerprint density at radius 1 is 0.515 bits per heavy atom. The first-order valence-corrected chi connectivity index (χ1v) is 25.1. The average Bonchev–Trinajstić information content (AvgIpc) is 3.29. The van der Waals surface area contributed by atoms with Crippen LogP contribution >= 0.6 is 7.82 Å². The van der Waals surface area contributed by atoms with Crippen LogP contribution in [-0.4, -0.2) is 104 Å². The van der Waals surface area contributed by atoms with Gasteiger partial charge in [0.15, 0.2) is 11.9 Å². The van der Waals surface area contributed by atoms with Crippen LogP contribution in [0.5, 0.6) is 0 Å². The molecule has 6 N–H and O–H groups in total. The normalized spacial score (nSPS) is 22.2. The van der Waals surface area contributed by atoms with Crippen LogP contribution in [0.2, 0.25) is 0 Å². The second-order valence-corrected chi connectivity index (χ2v) is 17.3. The predicted molar refractivity (Wildman–Crippen MR) is 258 cm³/mol. The van der Waals surface area contributed by atoms with Crippen molar-refractivity contribution in [2.75, 3.05) is 13.2 Å². The van der Waals surface area contributed by atoms with E-state index in [2.05, 4.69) is 74.6 Å². The summed E-state index contributed by atoms with van der Waals surface area (Å²) in [4.78, 5) is 48.0. The fourth-order valence-corrected chi connectivity index (χ4v) is 7.19. The number of carbonyl (C=O) groups excluding carboxylic acids is 3. The Bertz CT molecular complexity index is 1630. The monoisotopic (exact) mass is 947 g/mol. The quantitative estimate of drug-likeness (QED) is 0.00855. The van der Waals surface area contributed by atoms with E-state index in [1.54, 1.807) is 18.2 Å². The van der Waals surface area contributed by atoms with E-state index in [9.17, 15) is 49.4 Å². The molecule has 0 aliphatic heterocycles. The number of carbonyl (C=O) groups is 3. The number of esters is 2. The number of hydrogen-bond donors (Lipinski definition) is 6. The first-order chi connectivity index (χ1) is 31.8. The summed E-state index contributed by atoms with van der Waals surface area (Å²) in [5, 5.41) is 50.1. The van der Waals surface area contributed by atoms with Crippen LogP contribution in [0.4, 0.5) is 0 Å². The lowest BCUT2D eigenvalue weighted by atomic mass is 9.85. The van der Waals surface area contributed by atoms with Gasteiger partial charge in [-0.2, -0.15) is 0 Å². The molecule has 0 spiro atoms. The predicted octanol–water partition coefficient (Wildman–Crippen LogP) is 8.79. The first kappa shape index (κ1) is 60.2. The van der Waals surface area contributed by atoms with E-state index >= 15 is 0 Å². The van der Waals surface area contributed by atoms with E-state index in [0.29, 0.717) is 12.8 Å². The number of hydrogen-bond acceptors (Lipinski definition) is 13. The number of allylic oxidation sites excluding steroid dienone is 18. The van der Waals surface area contributed by atoms with Crippen LogP contribution in [0.1, 0.15) is 136 Å². The highest BCUT2D eigenvalue weighted by atomic mass is 31.2. The molecule has 0 radical (unpaired) electrons. The van der Waals surface area contributed by atoms with Gasteiger partial charge in [0.25, 0.3) is 0 Å². The van der Waals surface area contributed by atoms with E-state index < -0.39 is 75.7 Å². The zero-order valence-electron chi connectivity index (χ0n) is 39.2. The summed E-state index contributed by atoms with van der Waals surface area (Å²) in [5.41, 5.74) is 0. The van der Waals surface area contributed by atoms with Gasteiger partial charge in [-0.15, -0.1) is 0 Å². The molecule has 0 aromatic carbocycles. The highest BCUT2D eigenvalue weighted by Crippen LogP contribution is 2.47. The van der Waals surface area contributed by atoms with Crippen LogP contribution in [-0.2, 0) is 37.5 Å². The molecule has 3 unspecified atom stereocenters. The Balaban J connectivity index is 2.61. The van der Waals surface area contributed by atoms with Crippen LogP contribution < -0.4 is 0 Å². The maximum Gasteiger partial charge on any atom is 0.472 e. The van der Waals surface area contributed by atoms with E-state index in [-0.39, 0.29) is 31.5 Å². The zero-order valence-corrected chi connectivity index (χ0v) is 40.1. The third kappa shape index (κ3) is 31.2. The minimum atomic E-state index is -5.20. The molecular weight excluding hydrogens is 868 g/mol. The molecule has 15 heteroatoms. The topological polar surface area (TPSA) is 227 Å². The van der Waals surface area contributed by atoms with Crippen molar-refractivity contribution in [1.29, 1.82) is 0 Å². The van der Waals surface area contributed by atoms with Gasteiger partial charge in [-0.05, 0) is 83.1 Å². The van der Waals surface area contributed by atoms with Crippen molar-refractivity contribution in [3.05, 3.63) is 109 Å². The molecule has 1 fully saturated rings. The Hall–Kier alpha value is -3.82. The summed E-state index contributed by atoms with van der Waals surface area (Å²) in [7, 11) is -5.20. The molecule has 0 aromatic heterocycles. The lowest BCUT2D eigenvalue weighted by Gasteiger charge is -2.41. The molecule has 0 amide bonds. The number of rotatable bonds is 37. The molecule has 1 rings (SSSR count). The van der Waals surface area contributed by atoms with E-state index in [1.807, 2.05) is 24.3 Å². The minimum Gasteiger partial charge on any atom is -0.462 e. The van der Waals surface area contributed by atoms with Crippen molar-refractivity contribution in [2.45, 2.75) is 179 Å². The van der Waals surface area contributed by atoms with Crippen molar-refractivity contribution < 1.29 is 67.9 Å². The van der Waals surface area contributed by atoms with Crippen LogP contribution in [0, 0.1) is 0 Å². The first-order valence-electron chi connectivity index (χ1n) is 23.6. The Kier molecular flexibility index (Phi) is 35.8. The largest absolute Gasteiger partial charge is 0.472 e. The summed E-state index contributed by atoms with van der Waals surface area (Å²) in [6, 6.07) is 0. The second kappa shape index (κ2) is 39.2. The molecule has 0 saturated heterocycles. The van der Waals surface area contributed by atoms with Gasteiger partial charge in [0, 0.05) is 19.3 Å². The van der Waals surface area contributed by atoms with Gasteiger partial charge < -0.3 is 39.9 Å². The standard InChI is InChI=1S/C51H79O14P/c1-3-5-7-9-11-13-15-17-18-19-20-21-22-24-26-28-30-32-34-38-45(54)64-43(41-63-66(60,61)65-51-49(58)47(56)46(55)48(57)50(51)59)40-62-44(53)39-35-37-42(52)36-33-31-29-27-25-23-16-14-12-10-8-6-4-2/h11-14,17-18,20-21,23-26,29-33,36,43,46-51,55-59H,3-10,15-16,19,22,27-28,34-35,37-41H2,1-2H3,(H,60,61)/b13-11-,14-12-,18-17-,21-20-,25-23-,26-24-,31-29-,32-30-,36-33+/t43-,46?,47-,48+,49-,50-,51?/m1/s1. The Labute approximate surface area is 393 Å². The molecule has 66 heavy (non-hydrogen) atoms. The number of aliphatic hydroxyl groups excluding tert-OH is 5. The third-order valence-corrected chi connectivity index (χ3v) is 11.1. The smallest absolute Gasteiger partial charge is 0.462 e. The second-order valence-electron chi connectivity index (χ2n) is 15.9. The third-order valence-electron chi connectivity index (χ3n) is 10.1. The highest BCUT2D eigenvalue weighted by Gasteiger charge is 2.51. The van der Waals surface area contributed by atoms with Crippen molar-refractivity contribution in [3.63, 3.8) is 0 Å². The van der Waals surface area contributed by atoms with Crippen LogP contribution in [0.15, 0.2) is 109 Å². The van der Waals surface area contributed by atoms with Gasteiger partial charge in [0.1, 0.15) is 43.2 Å². The van der Waals surface area contributed by atoms with Gasteiger partial charge in [-0.3, -0.25) is 23.4 Å². The maximum atomic E-state index is 12.8. The van der Waals surface area contributed by atoms with Gasteiger partial charge in [0.05, 0.1) is 6.61 Å². The van der Waals surface area contributed by atoms with E-state index in [4.69, 9.17) is 18.5 Å². The van der Waals surface area contributed by atoms with E-state index in [1.165, 1.54) is 44.6 Å². The van der Waals surface area contributed by atoms with Crippen LogP contribution in [0.3, 0.4) is 0 Å². The summed E-state index contributed by atoms with van der Waals surface area (Å²) >= 11 is 0. The summed E-state index contributed by atoms with van der Waals surface area (Å²) in [5.74, 6) is -1.65. The lowest BCUT2D eigenvalue weighted by molar-refractivity contribution is -0.220. The number of ether oxygens (including phenoxy) is 2. The molecule has 1 aliphatic carbocycles. The maximum absolute atomic E-state index is 12.8. The summed E-state index contributed by atoms with van der Waals surface area (Å²) in [6.07, 6.45) is 37.2. The number of phosphoric ester groups is 1. The summed E-state index contributed by atoms with van der Waals surface area (Å²) < 4.78 is 33.2. The minimum absolute atomic E-state index is 0.0751. The Morgan fingerprint density at radius 2 is 0.970 bits per heavy atom. The summed E-state index contributed by atoms with van der Waals surface area (Å²) in [6.45, 7) is 2.95. The van der Waals surface area contributed by atoms with Crippen molar-refractivity contribution in [1.82, 2.24) is 0 Å². The van der Waals surface area contributed by atoms with Crippen molar-refractivity contribution in [3.8, 4) is 0 Å². The lowest BCUT2D eigenvalue weighted by Crippen LogP contribution is -2.64. The molecular formula is C51H79O14P. The van der Waals surface area contributed by atoms with Gasteiger partial charge in [-0.1, -0.05) is 143 Å². The number of ketones is 1. The van der Waals surface area contributed by atoms with Crippen molar-refractivity contribution >= 4 is 25.5 Å².